The first kappa shape index (κ1) is 17.9. The predicted octanol–water partition coefficient (Wildman–Crippen LogP) is 2.53. The van der Waals surface area contributed by atoms with E-state index in [0.29, 0.717) is 24.0 Å². The molecular weight excluding hydrogens is 282 g/mol. The number of hydrogen-bond donors (Lipinski definition) is 1. The summed E-state index contributed by atoms with van der Waals surface area (Å²) in [5.41, 5.74) is 0.527. The maximum Gasteiger partial charge on any atom is 0.323 e. The Balaban J connectivity index is 3.12. The summed E-state index contributed by atoms with van der Waals surface area (Å²) in [4.78, 5) is 29.8. The minimum Gasteiger partial charge on any atom is -0.480 e. The fraction of sp³-hybridized carbons (Fsp3) is 0.562. The van der Waals surface area contributed by atoms with Crippen molar-refractivity contribution in [3.63, 3.8) is 0 Å². The van der Waals surface area contributed by atoms with Gasteiger partial charge in [0.05, 0.1) is 5.69 Å². The lowest BCUT2D eigenvalue weighted by Gasteiger charge is -2.31. The van der Waals surface area contributed by atoms with Gasteiger partial charge in [-0.1, -0.05) is 26.7 Å². The van der Waals surface area contributed by atoms with Crippen molar-refractivity contribution in [2.24, 2.45) is 0 Å². The third-order valence-corrected chi connectivity index (χ3v) is 3.63. The van der Waals surface area contributed by atoms with Crippen molar-refractivity contribution < 1.29 is 14.7 Å². The second-order valence-corrected chi connectivity index (χ2v) is 5.32. The second-order valence-electron chi connectivity index (χ2n) is 5.32. The van der Waals surface area contributed by atoms with Gasteiger partial charge in [0, 0.05) is 19.3 Å². The van der Waals surface area contributed by atoms with E-state index in [1.807, 2.05) is 7.05 Å². The van der Waals surface area contributed by atoms with Crippen molar-refractivity contribution in [1.29, 1.82) is 0 Å². The third kappa shape index (κ3) is 4.72. The average Bonchev–Trinajstić information content (AvgIpc) is 2.51. The molecule has 1 aromatic heterocycles. The number of pyridine rings is 1. The Morgan fingerprint density at radius 1 is 1.36 bits per heavy atom. The minimum absolute atomic E-state index is 0.321. The van der Waals surface area contributed by atoms with Crippen LogP contribution in [0.15, 0.2) is 18.3 Å². The highest BCUT2D eigenvalue weighted by molar-refractivity contribution is 5.88. The molecule has 0 unspecified atom stereocenters. The molecular formula is C16H25N3O3. The maximum absolute atomic E-state index is 11.3. The number of anilines is 2. The Hall–Kier alpha value is -2.11. The van der Waals surface area contributed by atoms with E-state index in [4.69, 9.17) is 5.11 Å². The zero-order valence-corrected chi connectivity index (χ0v) is 13.5. The van der Waals surface area contributed by atoms with Crippen LogP contribution in [-0.2, 0) is 9.59 Å². The first-order valence-corrected chi connectivity index (χ1v) is 7.66. The zero-order chi connectivity index (χ0) is 16.5. The molecule has 0 atom stereocenters. The van der Waals surface area contributed by atoms with E-state index in [-0.39, 0.29) is 6.54 Å². The molecule has 1 N–H and O–H groups in total. The lowest BCUT2D eigenvalue weighted by Crippen LogP contribution is -2.35. The van der Waals surface area contributed by atoms with Crippen LogP contribution in [0.25, 0.3) is 0 Å². The van der Waals surface area contributed by atoms with Crippen molar-refractivity contribution in [3.05, 3.63) is 18.3 Å². The number of hydrogen-bond acceptors (Lipinski definition) is 4. The van der Waals surface area contributed by atoms with Crippen LogP contribution in [0.1, 0.15) is 39.5 Å². The highest BCUT2D eigenvalue weighted by atomic mass is 16.4. The smallest absolute Gasteiger partial charge is 0.323 e. The number of carboxylic acids is 1. The van der Waals surface area contributed by atoms with Gasteiger partial charge in [-0.05, 0) is 25.0 Å². The molecule has 0 aliphatic carbocycles. The lowest BCUT2D eigenvalue weighted by molar-refractivity contribution is -0.136. The van der Waals surface area contributed by atoms with Crippen LogP contribution in [0.3, 0.4) is 0 Å². The zero-order valence-electron chi connectivity index (χ0n) is 13.5. The average molecular weight is 307 g/mol. The van der Waals surface area contributed by atoms with Crippen molar-refractivity contribution in [1.82, 2.24) is 4.98 Å². The Morgan fingerprint density at radius 3 is 2.50 bits per heavy atom. The van der Waals surface area contributed by atoms with Gasteiger partial charge in [-0.25, -0.2) is 4.98 Å². The third-order valence-electron chi connectivity index (χ3n) is 3.63. The molecule has 1 amide bonds. The van der Waals surface area contributed by atoms with Crippen molar-refractivity contribution in [2.75, 3.05) is 23.4 Å². The molecule has 22 heavy (non-hydrogen) atoms. The quantitative estimate of drug-likeness (QED) is 0.672. The highest BCUT2D eigenvalue weighted by Gasteiger charge is 2.21. The normalized spacial score (nSPS) is 10.5. The number of rotatable bonds is 10. The van der Waals surface area contributed by atoms with Crippen LogP contribution < -0.4 is 9.80 Å². The van der Waals surface area contributed by atoms with Gasteiger partial charge < -0.3 is 14.9 Å². The first-order chi connectivity index (χ1) is 10.5. The molecule has 1 aromatic rings. The molecule has 1 heterocycles. The molecule has 0 aliphatic heterocycles. The number of nitrogens with zero attached hydrogens (tertiary/aromatic N) is 3. The van der Waals surface area contributed by atoms with Crippen LogP contribution >= 0.6 is 0 Å². The second kappa shape index (κ2) is 9.02. The van der Waals surface area contributed by atoms with E-state index in [0.717, 1.165) is 25.7 Å². The lowest BCUT2D eigenvalue weighted by atomic mass is 10.1. The molecule has 0 saturated heterocycles. The Bertz CT molecular complexity index is 487. The predicted molar refractivity (Wildman–Crippen MR) is 87.3 cm³/mol. The van der Waals surface area contributed by atoms with Gasteiger partial charge in [0.25, 0.3) is 0 Å². The fourth-order valence-electron chi connectivity index (χ4n) is 2.58. The monoisotopic (exact) mass is 307 g/mol. The molecule has 0 aromatic carbocycles. The molecule has 0 aliphatic rings. The Labute approximate surface area is 131 Å². The van der Waals surface area contributed by atoms with Crippen molar-refractivity contribution in [3.8, 4) is 0 Å². The summed E-state index contributed by atoms with van der Waals surface area (Å²) < 4.78 is 0. The number of carbonyl (C=O) groups excluding carboxylic acids is 1. The molecule has 1 rings (SSSR count). The molecule has 0 radical (unpaired) electrons. The summed E-state index contributed by atoms with van der Waals surface area (Å²) in [7, 11) is 1.95. The summed E-state index contributed by atoms with van der Waals surface area (Å²) in [5.74, 6) is -0.411. The van der Waals surface area contributed by atoms with E-state index in [1.165, 1.54) is 4.90 Å². The number of carbonyl (C=O) groups is 2. The van der Waals surface area contributed by atoms with Crippen molar-refractivity contribution in [2.45, 2.75) is 45.6 Å². The topological polar surface area (TPSA) is 73.7 Å². The Kier molecular flexibility index (Phi) is 7.36. The van der Waals surface area contributed by atoms with Gasteiger partial charge in [0.2, 0.25) is 6.41 Å². The van der Waals surface area contributed by atoms with Crippen LogP contribution in [0.5, 0.6) is 0 Å². The summed E-state index contributed by atoms with van der Waals surface area (Å²) >= 11 is 0. The number of aromatic nitrogens is 1. The molecule has 6 nitrogen and oxygen atoms in total. The van der Waals surface area contributed by atoms with Gasteiger partial charge in [-0.3, -0.25) is 9.59 Å². The SMILES string of the molecule is CCCC(CCC)N(C)c1ncccc1N(C=O)CC(=O)O. The first-order valence-electron chi connectivity index (χ1n) is 7.66. The molecule has 0 spiro atoms. The number of amides is 1. The van der Waals surface area contributed by atoms with Gasteiger partial charge in [-0.15, -0.1) is 0 Å². The van der Waals surface area contributed by atoms with Crippen molar-refractivity contribution >= 4 is 23.9 Å². The largest absolute Gasteiger partial charge is 0.480 e. The standard InChI is InChI=1S/C16H25N3O3/c1-4-7-13(8-5-2)18(3)16-14(9-6-10-17-16)19(12-20)11-15(21)22/h6,9-10,12-13H,4-5,7-8,11H2,1-3H3,(H,21,22). The van der Waals surface area contributed by atoms with E-state index in [1.54, 1.807) is 18.3 Å². The fourth-order valence-corrected chi connectivity index (χ4v) is 2.58. The summed E-state index contributed by atoms with van der Waals surface area (Å²) in [5, 5.41) is 8.95. The van der Waals surface area contributed by atoms with Gasteiger partial charge in [-0.2, -0.15) is 0 Å². The highest BCUT2D eigenvalue weighted by Crippen LogP contribution is 2.28. The van der Waals surface area contributed by atoms with Gasteiger partial charge in [0.15, 0.2) is 5.82 Å². The van der Waals surface area contributed by atoms with E-state index in [2.05, 4.69) is 23.7 Å². The minimum atomic E-state index is -1.05. The maximum atomic E-state index is 11.3. The number of aliphatic carboxylic acids is 1. The molecule has 0 saturated carbocycles. The van der Waals surface area contributed by atoms with Gasteiger partial charge in [0.1, 0.15) is 6.54 Å². The molecule has 122 valence electrons. The van der Waals surface area contributed by atoms with Crippen LogP contribution in [-0.4, -0.2) is 42.1 Å². The molecule has 0 fully saturated rings. The van der Waals surface area contributed by atoms with Crippen LogP contribution in [0.4, 0.5) is 11.5 Å². The summed E-state index contributed by atoms with van der Waals surface area (Å²) in [6.07, 6.45) is 6.37. The van der Waals surface area contributed by atoms with E-state index in [9.17, 15) is 9.59 Å². The van der Waals surface area contributed by atoms with E-state index >= 15 is 0 Å². The van der Waals surface area contributed by atoms with Crippen LogP contribution in [0.2, 0.25) is 0 Å². The van der Waals surface area contributed by atoms with Crippen LogP contribution in [0, 0.1) is 0 Å². The molecule has 0 bridgehead atoms. The number of carboxylic acid groups (broad SMARTS) is 1. The molecule has 6 heteroatoms. The van der Waals surface area contributed by atoms with E-state index < -0.39 is 5.97 Å². The Morgan fingerprint density at radius 2 is 2.00 bits per heavy atom. The summed E-state index contributed by atoms with van der Waals surface area (Å²) in [6, 6.07) is 3.76. The summed E-state index contributed by atoms with van der Waals surface area (Å²) in [6.45, 7) is 3.90. The van der Waals surface area contributed by atoms with Gasteiger partial charge >= 0.3 is 5.97 Å².